The van der Waals surface area contributed by atoms with Gasteiger partial charge in [-0.2, -0.15) is 26.3 Å². The second-order valence-corrected chi connectivity index (χ2v) is 3.74. The third-order valence-electron chi connectivity index (χ3n) is 2.16. The number of benzene rings is 1. The molecular formula is C10H7F8N. The lowest BCUT2D eigenvalue weighted by Crippen LogP contribution is -2.19. The molecule has 0 amide bonds. The first kappa shape index (κ1) is 15.5. The summed E-state index contributed by atoms with van der Waals surface area (Å²) in [7, 11) is 0. The Kier molecular flexibility index (Phi) is 3.97. The maximum absolute atomic E-state index is 13.0. The highest BCUT2D eigenvalue weighted by molar-refractivity contribution is 5.46. The molecule has 108 valence electrons. The van der Waals surface area contributed by atoms with Gasteiger partial charge in [0.05, 0.1) is 0 Å². The maximum Gasteiger partial charge on any atom is 0.423 e. The van der Waals surface area contributed by atoms with E-state index in [9.17, 15) is 35.1 Å². The van der Waals surface area contributed by atoms with Gasteiger partial charge in [0.15, 0.2) is 0 Å². The monoisotopic (exact) mass is 293 g/mol. The van der Waals surface area contributed by atoms with Gasteiger partial charge >= 0.3 is 12.4 Å². The van der Waals surface area contributed by atoms with Crippen LogP contribution in [0.15, 0.2) is 18.2 Å². The van der Waals surface area contributed by atoms with E-state index in [-0.39, 0.29) is 6.07 Å². The van der Waals surface area contributed by atoms with Crippen molar-refractivity contribution < 1.29 is 35.1 Å². The molecule has 0 fully saturated rings. The summed E-state index contributed by atoms with van der Waals surface area (Å²) in [6.07, 6.45) is -17.7. The number of alkyl halides is 8. The van der Waals surface area contributed by atoms with E-state index in [0.29, 0.717) is 12.1 Å². The summed E-state index contributed by atoms with van der Waals surface area (Å²) < 4.78 is 98.6. The van der Waals surface area contributed by atoms with Crippen LogP contribution in [0.2, 0.25) is 0 Å². The summed E-state index contributed by atoms with van der Waals surface area (Å²) in [5.74, 6) is 0. The molecule has 0 radical (unpaired) electrons. The highest BCUT2D eigenvalue weighted by Gasteiger charge is 2.44. The van der Waals surface area contributed by atoms with Crippen LogP contribution in [0.1, 0.15) is 23.5 Å². The summed E-state index contributed by atoms with van der Waals surface area (Å²) in [5.41, 5.74) is 2.12. The Balaban J connectivity index is 3.22. The minimum absolute atomic E-state index is 0.159. The van der Waals surface area contributed by atoms with Crippen LogP contribution < -0.4 is 5.73 Å². The topological polar surface area (TPSA) is 26.0 Å². The maximum atomic E-state index is 13.0. The number of anilines is 1. The first-order valence-electron chi connectivity index (χ1n) is 4.75. The fraction of sp³-hybridized carbons (Fsp3) is 0.400. The average Bonchev–Trinajstić information content (AvgIpc) is 2.23. The summed E-state index contributed by atoms with van der Waals surface area (Å²) in [6, 6.07) is 1.17. The average molecular weight is 293 g/mol. The van der Waals surface area contributed by atoms with Gasteiger partial charge in [0.25, 0.3) is 0 Å². The zero-order valence-electron chi connectivity index (χ0n) is 8.99. The number of hydrogen-bond donors (Lipinski definition) is 1. The van der Waals surface area contributed by atoms with Crippen molar-refractivity contribution in [1.82, 2.24) is 0 Å². The number of nitrogens with two attached hydrogens (primary N) is 1. The van der Waals surface area contributed by atoms with Crippen molar-refractivity contribution >= 4 is 5.69 Å². The largest absolute Gasteiger partial charge is 0.423 e. The summed E-state index contributed by atoms with van der Waals surface area (Å²) in [5, 5.41) is 0. The zero-order chi connectivity index (χ0) is 15.0. The molecule has 0 aromatic heterocycles. The Morgan fingerprint density at radius 2 is 1.05 bits per heavy atom. The molecule has 1 aromatic rings. The SMILES string of the molecule is Nc1cc(C(F)C(F)(F)F)cc(C(F)C(F)(F)F)c1. The van der Waals surface area contributed by atoms with Gasteiger partial charge in [0.2, 0.25) is 12.3 Å². The van der Waals surface area contributed by atoms with E-state index in [2.05, 4.69) is 0 Å². The van der Waals surface area contributed by atoms with Crippen LogP contribution in [0.25, 0.3) is 0 Å². The van der Waals surface area contributed by atoms with E-state index < -0.39 is 41.5 Å². The van der Waals surface area contributed by atoms with Crippen molar-refractivity contribution in [3.63, 3.8) is 0 Å². The van der Waals surface area contributed by atoms with Gasteiger partial charge in [-0.05, 0) is 29.3 Å². The van der Waals surface area contributed by atoms with Gasteiger partial charge in [-0.1, -0.05) is 0 Å². The van der Waals surface area contributed by atoms with Gasteiger partial charge in [0, 0.05) is 5.69 Å². The second-order valence-electron chi connectivity index (χ2n) is 3.74. The van der Waals surface area contributed by atoms with E-state index in [1.807, 2.05) is 0 Å². The highest BCUT2D eigenvalue weighted by atomic mass is 19.4. The van der Waals surface area contributed by atoms with E-state index >= 15 is 0 Å². The molecular weight excluding hydrogens is 286 g/mol. The predicted molar refractivity (Wildman–Crippen MR) is 50.7 cm³/mol. The van der Waals surface area contributed by atoms with Crippen LogP contribution in [0.3, 0.4) is 0 Å². The molecule has 2 unspecified atom stereocenters. The lowest BCUT2D eigenvalue weighted by Gasteiger charge is -2.17. The number of hydrogen-bond acceptors (Lipinski definition) is 1. The van der Waals surface area contributed by atoms with Gasteiger partial charge in [-0.25, -0.2) is 8.78 Å². The van der Waals surface area contributed by atoms with Crippen molar-refractivity contribution in [2.45, 2.75) is 24.7 Å². The molecule has 0 aliphatic heterocycles. The zero-order valence-corrected chi connectivity index (χ0v) is 8.99. The Bertz CT molecular complexity index is 412. The number of rotatable bonds is 2. The number of nitrogen functional groups attached to an aromatic ring is 1. The van der Waals surface area contributed by atoms with Crippen LogP contribution in [-0.2, 0) is 0 Å². The molecule has 19 heavy (non-hydrogen) atoms. The normalized spacial score (nSPS) is 16.2. The molecule has 1 rings (SSSR count). The van der Waals surface area contributed by atoms with Crippen molar-refractivity contribution in [1.29, 1.82) is 0 Å². The molecule has 0 aliphatic carbocycles. The molecule has 0 spiro atoms. The van der Waals surface area contributed by atoms with Crippen molar-refractivity contribution in [2.75, 3.05) is 5.73 Å². The fourth-order valence-corrected chi connectivity index (χ4v) is 1.37. The predicted octanol–water partition coefficient (Wildman–Crippen LogP) is 4.41. The molecule has 2 atom stereocenters. The minimum Gasteiger partial charge on any atom is -0.399 e. The van der Waals surface area contributed by atoms with E-state index in [1.165, 1.54) is 0 Å². The molecule has 0 bridgehead atoms. The molecule has 1 aromatic carbocycles. The standard InChI is InChI=1S/C10H7F8N/c11-7(9(13,14)15)4-1-5(3-6(19)2-4)8(12)10(16,17)18/h1-3,7-8H,19H2. The lowest BCUT2D eigenvalue weighted by atomic mass is 10.0. The Hall–Kier alpha value is -1.54. The fourth-order valence-electron chi connectivity index (χ4n) is 1.37. The smallest absolute Gasteiger partial charge is 0.399 e. The molecule has 2 N–H and O–H groups in total. The minimum atomic E-state index is -5.31. The summed E-state index contributed by atoms with van der Waals surface area (Å²) in [4.78, 5) is 0. The van der Waals surface area contributed by atoms with Crippen LogP contribution in [-0.4, -0.2) is 12.4 Å². The Morgan fingerprint density at radius 3 is 1.32 bits per heavy atom. The molecule has 1 nitrogen and oxygen atoms in total. The van der Waals surface area contributed by atoms with Crippen LogP contribution in [0.5, 0.6) is 0 Å². The van der Waals surface area contributed by atoms with Crippen molar-refractivity contribution in [3.05, 3.63) is 29.3 Å². The molecule has 0 saturated carbocycles. The molecule has 0 heterocycles. The van der Waals surface area contributed by atoms with Crippen LogP contribution in [0, 0.1) is 0 Å². The Labute approximate surface area is 102 Å². The van der Waals surface area contributed by atoms with Gasteiger partial charge < -0.3 is 5.73 Å². The summed E-state index contributed by atoms with van der Waals surface area (Å²) in [6.45, 7) is 0. The first-order chi connectivity index (χ1) is 8.43. The van der Waals surface area contributed by atoms with Crippen molar-refractivity contribution in [2.24, 2.45) is 0 Å². The second kappa shape index (κ2) is 4.86. The van der Waals surface area contributed by atoms with Crippen LogP contribution in [0.4, 0.5) is 40.8 Å². The third-order valence-corrected chi connectivity index (χ3v) is 2.16. The van der Waals surface area contributed by atoms with E-state index in [1.54, 1.807) is 0 Å². The molecule has 0 saturated heterocycles. The lowest BCUT2D eigenvalue weighted by molar-refractivity contribution is -0.184. The van der Waals surface area contributed by atoms with Gasteiger partial charge in [-0.15, -0.1) is 0 Å². The third kappa shape index (κ3) is 3.71. The number of halogens is 8. The van der Waals surface area contributed by atoms with Crippen molar-refractivity contribution in [3.8, 4) is 0 Å². The van der Waals surface area contributed by atoms with Gasteiger partial charge in [0.1, 0.15) is 0 Å². The quantitative estimate of drug-likeness (QED) is 0.634. The molecule has 0 aliphatic rings. The van der Waals surface area contributed by atoms with E-state index in [4.69, 9.17) is 5.73 Å². The molecule has 9 heteroatoms. The highest BCUT2D eigenvalue weighted by Crippen LogP contribution is 2.41. The summed E-state index contributed by atoms with van der Waals surface area (Å²) >= 11 is 0. The van der Waals surface area contributed by atoms with E-state index in [0.717, 1.165) is 0 Å². The van der Waals surface area contributed by atoms with Gasteiger partial charge in [-0.3, -0.25) is 0 Å². The van der Waals surface area contributed by atoms with Crippen LogP contribution >= 0.6 is 0 Å². The first-order valence-corrected chi connectivity index (χ1v) is 4.75. The Morgan fingerprint density at radius 1 is 0.737 bits per heavy atom.